The minimum absolute atomic E-state index is 0. The van der Waals surface area contributed by atoms with Gasteiger partial charge in [0.2, 0.25) is 0 Å². The van der Waals surface area contributed by atoms with E-state index in [0.29, 0.717) is 0 Å². The van der Waals surface area contributed by atoms with Crippen LogP contribution in [0, 0.1) is 17.9 Å². The molecule has 5 rings (SSSR count). The summed E-state index contributed by atoms with van der Waals surface area (Å²) >= 11 is -2.54. The SMILES string of the molecule is CC(C)(C)c1cc(-c2nccc3[c]2[Ge]([CH3])([CH3])[c]2cc([Si](C)(C)C)ccc2-3)[c-]c2ccccc12.CCC(CC)C(=O)/C=C(\O)C(CC)CC.[Ir]. The third-order valence-corrected chi connectivity index (χ3v) is 19.8. The quantitative estimate of drug-likeness (QED) is 0.0788. The maximum absolute atomic E-state index is 11.7. The van der Waals surface area contributed by atoms with Gasteiger partial charge in [-0.1, -0.05) is 27.7 Å². The van der Waals surface area contributed by atoms with Crippen molar-refractivity contribution < 1.29 is 30.0 Å². The van der Waals surface area contributed by atoms with Crippen LogP contribution in [0.25, 0.3) is 33.2 Å². The van der Waals surface area contributed by atoms with Crippen molar-refractivity contribution in [2.75, 3.05) is 0 Å². The second-order valence-electron chi connectivity index (χ2n) is 16.1. The van der Waals surface area contributed by atoms with Crippen LogP contribution in [0.5, 0.6) is 0 Å². The number of fused-ring (bicyclic) bond motifs is 4. The summed E-state index contributed by atoms with van der Waals surface area (Å²) in [5, 5.41) is 13.8. The van der Waals surface area contributed by atoms with Crippen molar-refractivity contribution in [1.29, 1.82) is 0 Å². The Labute approximate surface area is 314 Å². The van der Waals surface area contributed by atoms with Crippen molar-refractivity contribution in [2.24, 2.45) is 11.8 Å². The number of aliphatic hydroxyl groups excluding tert-OH is 1. The van der Waals surface area contributed by atoms with Gasteiger partial charge in [-0.3, -0.25) is 4.79 Å². The second kappa shape index (κ2) is 16.4. The normalized spacial score (nSPS) is 13.9. The van der Waals surface area contributed by atoms with Gasteiger partial charge in [-0.05, 0) is 25.7 Å². The van der Waals surface area contributed by atoms with Crippen LogP contribution in [-0.4, -0.2) is 37.2 Å². The topological polar surface area (TPSA) is 50.2 Å². The summed E-state index contributed by atoms with van der Waals surface area (Å²) in [5.41, 5.74) is 6.56. The number of aromatic nitrogens is 1. The van der Waals surface area contributed by atoms with Crippen LogP contribution in [0.15, 0.2) is 72.6 Å². The molecule has 0 unspecified atom stereocenters. The molecule has 0 saturated heterocycles. The van der Waals surface area contributed by atoms with Gasteiger partial charge in [-0.25, -0.2) is 0 Å². The molecule has 3 nitrogen and oxygen atoms in total. The summed E-state index contributed by atoms with van der Waals surface area (Å²) in [6, 6.07) is 24.4. The van der Waals surface area contributed by atoms with Crippen LogP contribution in [0.3, 0.4) is 0 Å². The first kappa shape index (κ1) is 41.1. The Morgan fingerprint density at radius 2 is 1.51 bits per heavy atom. The molecule has 49 heavy (non-hydrogen) atoms. The largest absolute Gasteiger partial charge is 0.512 e. The van der Waals surface area contributed by atoms with Crippen LogP contribution >= 0.6 is 0 Å². The van der Waals surface area contributed by atoms with Crippen LogP contribution in [0.1, 0.15) is 79.7 Å². The van der Waals surface area contributed by atoms with Crippen molar-refractivity contribution in [1.82, 2.24) is 4.98 Å². The third kappa shape index (κ3) is 8.78. The monoisotopic (exact) mass is 915 g/mol. The fourth-order valence-electron chi connectivity index (χ4n) is 7.18. The van der Waals surface area contributed by atoms with E-state index in [2.05, 4.69) is 113 Å². The number of allylic oxidation sites excluding steroid dienone is 2. The molecule has 1 aromatic heterocycles. The molecule has 0 amide bonds. The van der Waals surface area contributed by atoms with Gasteiger partial charge < -0.3 is 5.11 Å². The zero-order chi connectivity index (χ0) is 35.6. The summed E-state index contributed by atoms with van der Waals surface area (Å²) in [6.45, 7) is 22.3. The van der Waals surface area contributed by atoms with E-state index >= 15 is 0 Å². The fourth-order valence-corrected chi connectivity index (χ4v) is 15.7. The van der Waals surface area contributed by atoms with Gasteiger partial charge in [0.05, 0.1) is 5.76 Å². The molecule has 2 heterocycles. The number of pyridine rings is 1. The standard InChI is InChI=1S/C30H34GeNSi.C13H24O2.Ir/c1-30(2,3)26-18-21(17-20-11-9-10-12-23(20)26)29-28-25(15-16-32-29)24-14-13-22(33(6,7)8)19-27(24)31(28,4)5;1-5-10(6-2)12(14)9-13(15)11(7-3)8-4;/h9-16,18-19H,1-8H3;9-11,14H,5-8H2,1-4H3;/q-1;;/b;12-9-;. The van der Waals surface area contributed by atoms with Crippen LogP contribution in [0.4, 0.5) is 0 Å². The number of hydrogen-bond donors (Lipinski definition) is 1. The molecular weight excluding hydrogens is 855 g/mol. The molecule has 4 aromatic rings. The molecule has 0 saturated carbocycles. The molecule has 0 bridgehead atoms. The molecule has 0 aliphatic carbocycles. The maximum atomic E-state index is 11.7. The number of nitrogens with zero attached hydrogens (tertiary/aromatic N) is 1. The van der Waals surface area contributed by atoms with Crippen molar-refractivity contribution in [3.05, 3.63) is 84.3 Å². The van der Waals surface area contributed by atoms with E-state index in [1.165, 1.54) is 37.9 Å². The van der Waals surface area contributed by atoms with Crippen molar-refractivity contribution in [2.45, 2.75) is 111 Å². The van der Waals surface area contributed by atoms with Gasteiger partial charge in [-0.2, -0.15) is 0 Å². The minimum atomic E-state index is -2.54. The summed E-state index contributed by atoms with van der Waals surface area (Å²) in [5.74, 6) is 5.65. The molecule has 0 fully saturated rings. The summed E-state index contributed by atoms with van der Waals surface area (Å²) in [4.78, 5) is 16.7. The van der Waals surface area contributed by atoms with E-state index in [4.69, 9.17) is 4.98 Å². The molecule has 6 heteroatoms. The Kier molecular flexibility index (Phi) is 13.7. The third-order valence-electron chi connectivity index (χ3n) is 10.3. The maximum Gasteiger partial charge on any atom is 0.162 e. The van der Waals surface area contributed by atoms with E-state index in [-0.39, 0.29) is 48.9 Å². The van der Waals surface area contributed by atoms with Gasteiger partial charge in [0.25, 0.3) is 0 Å². The van der Waals surface area contributed by atoms with Gasteiger partial charge in [0.1, 0.15) is 0 Å². The van der Waals surface area contributed by atoms with Crippen molar-refractivity contribution in [3.8, 4) is 22.4 Å². The Bertz CT molecular complexity index is 1810. The molecule has 265 valence electrons. The number of aliphatic hydroxyl groups is 1. The smallest absolute Gasteiger partial charge is 0.162 e. The van der Waals surface area contributed by atoms with Gasteiger partial charge in [-0.15, -0.1) is 0 Å². The van der Waals surface area contributed by atoms with E-state index in [9.17, 15) is 9.90 Å². The molecule has 1 aliphatic rings. The van der Waals surface area contributed by atoms with E-state index < -0.39 is 21.3 Å². The van der Waals surface area contributed by atoms with E-state index in [1.807, 2.05) is 33.9 Å². The van der Waals surface area contributed by atoms with Crippen LogP contribution in [0.2, 0.25) is 31.2 Å². The first-order chi connectivity index (χ1) is 22.5. The zero-order valence-electron chi connectivity index (χ0n) is 32.0. The molecule has 1 radical (unpaired) electrons. The minimum Gasteiger partial charge on any atom is -0.512 e. The Hall–Kier alpha value is -2.31. The molecule has 1 aliphatic heterocycles. The number of carbonyl (C=O) groups is 1. The summed E-state index contributed by atoms with van der Waals surface area (Å²) < 4.78 is 3.14. The molecular formula is C43H58GeIrNO2Si-. The predicted molar refractivity (Wildman–Crippen MR) is 214 cm³/mol. The van der Waals surface area contributed by atoms with Gasteiger partial charge >= 0.3 is 203 Å². The molecule has 0 atom stereocenters. The zero-order valence-corrected chi connectivity index (χ0v) is 37.5. The molecule has 3 aromatic carbocycles. The first-order valence-electron chi connectivity index (χ1n) is 18.0. The number of ketones is 1. The van der Waals surface area contributed by atoms with E-state index in [1.54, 1.807) is 9.58 Å². The Balaban J connectivity index is 0.000000347. The average molecular weight is 914 g/mol. The van der Waals surface area contributed by atoms with Crippen molar-refractivity contribution in [3.63, 3.8) is 0 Å². The Morgan fingerprint density at radius 1 is 0.898 bits per heavy atom. The van der Waals surface area contributed by atoms with Crippen molar-refractivity contribution >= 4 is 51.9 Å². The molecule has 0 spiro atoms. The molecule has 1 N–H and O–H groups in total. The number of hydrogen-bond acceptors (Lipinski definition) is 3. The van der Waals surface area contributed by atoms with E-state index in [0.717, 1.165) is 36.9 Å². The number of rotatable bonds is 9. The predicted octanol–water partition coefficient (Wildman–Crippen LogP) is 10.2. The Morgan fingerprint density at radius 3 is 2.08 bits per heavy atom. The van der Waals surface area contributed by atoms with Gasteiger partial charge in [0.15, 0.2) is 5.78 Å². The number of benzene rings is 3. The average Bonchev–Trinajstić information content (AvgIpc) is 3.27. The fraction of sp³-hybridized carbons (Fsp3) is 0.442. The first-order valence-corrected chi connectivity index (χ1v) is 27.8. The summed E-state index contributed by atoms with van der Waals surface area (Å²) in [7, 11) is -1.37. The second-order valence-corrected chi connectivity index (χ2v) is 30.2. The van der Waals surface area contributed by atoms with Crippen LogP contribution < -0.4 is 14.0 Å². The number of carbonyl (C=O) groups excluding carboxylic acids is 1. The van der Waals surface area contributed by atoms with Crippen LogP contribution in [-0.2, 0) is 30.3 Å². The summed E-state index contributed by atoms with van der Waals surface area (Å²) in [6.07, 6.45) is 6.91. The van der Waals surface area contributed by atoms with Gasteiger partial charge in [0, 0.05) is 38.0 Å².